The maximum absolute atomic E-state index is 13.1. The zero-order valence-corrected chi connectivity index (χ0v) is 14.8. The Kier molecular flexibility index (Phi) is 5.78. The highest BCUT2D eigenvalue weighted by Gasteiger charge is 2.38. The second kappa shape index (κ2) is 7.33. The van der Waals surface area contributed by atoms with E-state index in [4.69, 9.17) is 0 Å². The number of benzene rings is 1. The molecule has 2 rings (SSSR count). The van der Waals surface area contributed by atoms with Crippen molar-refractivity contribution >= 4 is 15.9 Å². The van der Waals surface area contributed by atoms with Crippen molar-refractivity contribution in [2.24, 2.45) is 5.92 Å². The molecular formula is C16H21F3N2O3S. The molecule has 1 aliphatic heterocycles. The maximum atomic E-state index is 13.1. The summed E-state index contributed by atoms with van der Waals surface area (Å²) in [7, 11) is -4.35. The van der Waals surface area contributed by atoms with E-state index in [1.165, 1.54) is 6.07 Å². The van der Waals surface area contributed by atoms with Crippen LogP contribution in [-0.4, -0.2) is 38.4 Å². The van der Waals surface area contributed by atoms with E-state index in [0.29, 0.717) is 19.4 Å². The van der Waals surface area contributed by atoms with Gasteiger partial charge in [0.05, 0.1) is 10.5 Å². The Balaban J connectivity index is 2.21. The first kappa shape index (κ1) is 19.7. The Hall–Kier alpha value is -1.61. The highest BCUT2D eigenvalue weighted by Crippen LogP contribution is 2.34. The van der Waals surface area contributed by atoms with Crippen LogP contribution in [0.1, 0.15) is 32.3 Å². The molecule has 0 unspecified atom stereocenters. The van der Waals surface area contributed by atoms with Gasteiger partial charge in [0.2, 0.25) is 15.9 Å². The van der Waals surface area contributed by atoms with E-state index in [1.54, 1.807) is 18.7 Å². The summed E-state index contributed by atoms with van der Waals surface area (Å²) in [5.41, 5.74) is -1.20. The number of hydrogen-bond donors (Lipinski definition) is 1. The molecule has 0 radical (unpaired) electrons. The Morgan fingerprint density at radius 2 is 1.92 bits per heavy atom. The van der Waals surface area contributed by atoms with Gasteiger partial charge in [-0.3, -0.25) is 4.79 Å². The van der Waals surface area contributed by atoms with E-state index in [9.17, 15) is 26.4 Å². The van der Waals surface area contributed by atoms with Crippen LogP contribution in [-0.2, 0) is 21.0 Å². The standard InChI is InChI=1S/C16H21F3N2O3S/c1-11(2)15(22)21-9-5-6-12(10-21)20-25(23,24)14-8-4-3-7-13(14)16(17,18)19/h3-4,7-8,11-12,20H,5-6,9-10H2,1-2H3/t12-/m1/s1. The fourth-order valence-electron chi connectivity index (χ4n) is 2.86. The largest absolute Gasteiger partial charge is 0.417 e. The van der Waals surface area contributed by atoms with Gasteiger partial charge in [-0.2, -0.15) is 13.2 Å². The van der Waals surface area contributed by atoms with Gasteiger partial charge in [-0.1, -0.05) is 26.0 Å². The van der Waals surface area contributed by atoms with Crippen LogP contribution in [0.3, 0.4) is 0 Å². The van der Waals surface area contributed by atoms with Crippen molar-refractivity contribution < 1.29 is 26.4 Å². The Bertz CT molecular complexity index is 732. The number of nitrogens with zero attached hydrogens (tertiary/aromatic N) is 1. The van der Waals surface area contributed by atoms with Crippen LogP contribution in [0.25, 0.3) is 0 Å². The molecule has 0 spiro atoms. The molecule has 0 bridgehead atoms. The lowest BCUT2D eigenvalue weighted by Crippen LogP contribution is -2.50. The quantitative estimate of drug-likeness (QED) is 0.876. The summed E-state index contributed by atoms with van der Waals surface area (Å²) < 4.78 is 66.5. The SMILES string of the molecule is CC(C)C(=O)N1CCC[C@@H](NS(=O)(=O)c2ccccc2C(F)(F)F)C1. The summed E-state index contributed by atoms with van der Waals surface area (Å²) in [4.78, 5) is 12.8. The lowest BCUT2D eigenvalue weighted by molar-refractivity contribution is -0.140. The lowest BCUT2D eigenvalue weighted by atomic mass is 10.0. The van der Waals surface area contributed by atoms with Crippen LogP contribution in [0, 0.1) is 5.92 Å². The number of halogens is 3. The molecule has 1 N–H and O–H groups in total. The smallest absolute Gasteiger partial charge is 0.341 e. The molecule has 25 heavy (non-hydrogen) atoms. The Morgan fingerprint density at radius 3 is 2.52 bits per heavy atom. The zero-order chi connectivity index (χ0) is 18.8. The minimum atomic E-state index is -4.77. The van der Waals surface area contributed by atoms with Crippen LogP contribution in [0.2, 0.25) is 0 Å². The predicted molar refractivity (Wildman–Crippen MR) is 86.2 cm³/mol. The van der Waals surface area contributed by atoms with Gasteiger partial charge in [0, 0.05) is 25.0 Å². The molecule has 9 heteroatoms. The topological polar surface area (TPSA) is 66.5 Å². The number of rotatable bonds is 4. The molecule has 1 aromatic rings. The van der Waals surface area contributed by atoms with Gasteiger partial charge in [0.1, 0.15) is 0 Å². The van der Waals surface area contributed by atoms with Crippen molar-refractivity contribution in [3.8, 4) is 0 Å². The minimum absolute atomic E-state index is 0.0976. The zero-order valence-electron chi connectivity index (χ0n) is 14.0. The van der Waals surface area contributed by atoms with E-state index >= 15 is 0 Å². The summed E-state index contributed by atoms with van der Waals surface area (Å²) in [6, 6.07) is 3.46. The first-order valence-electron chi connectivity index (χ1n) is 7.99. The number of hydrogen-bond acceptors (Lipinski definition) is 3. The third kappa shape index (κ3) is 4.72. The molecule has 1 aliphatic rings. The van der Waals surface area contributed by atoms with Crippen molar-refractivity contribution in [1.29, 1.82) is 0 Å². The fourth-order valence-corrected chi connectivity index (χ4v) is 4.35. The van der Waals surface area contributed by atoms with Gasteiger partial charge in [0.25, 0.3) is 0 Å². The minimum Gasteiger partial charge on any atom is -0.341 e. The first-order chi connectivity index (χ1) is 11.5. The molecule has 0 aliphatic carbocycles. The fraction of sp³-hybridized carbons (Fsp3) is 0.562. The normalized spacial score (nSPS) is 19.3. The monoisotopic (exact) mass is 378 g/mol. The number of nitrogens with one attached hydrogen (secondary N) is 1. The molecule has 1 aromatic carbocycles. The third-order valence-electron chi connectivity index (χ3n) is 4.03. The summed E-state index contributed by atoms with van der Waals surface area (Å²) in [5, 5.41) is 0. The van der Waals surface area contributed by atoms with Gasteiger partial charge in [-0.25, -0.2) is 13.1 Å². The molecular weight excluding hydrogens is 357 g/mol. The molecule has 140 valence electrons. The van der Waals surface area contributed by atoms with Crippen LogP contribution in [0.15, 0.2) is 29.2 Å². The van der Waals surface area contributed by atoms with Crippen LogP contribution in [0.4, 0.5) is 13.2 Å². The summed E-state index contributed by atoms with van der Waals surface area (Å²) >= 11 is 0. The van der Waals surface area contributed by atoms with Gasteiger partial charge >= 0.3 is 6.18 Å². The number of carbonyl (C=O) groups is 1. The average molecular weight is 378 g/mol. The van der Waals surface area contributed by atoms with E-state index in [2.05, 4.69) is 4.72 Å². The van der Waals surface area contributed by atoms with Crippen molar-refractivity contribution in [3.63, 3.8) is 0 Å². The van der Waals surface area contributed by atoms with Gasteiger partial charge < -0.3 is 4.90 Å². The highest BCUT2D eigenvalue weighted by atomic mass is 32.2. The van der Waals surface area contributed by atoms with E-state index in [0.717, 1.165) is 18.2 Å². The van der Waals surface area contributed by atoms with E-state index in [-0.39, 0.29) is 18.4 Å². The predicted octanol–water partition coefficient (Wildman–Crippen LogP) is 2.63. The number of carbonyl (C=O) groups excluding carboxylic acids is 1. The summed E-state index contributed by atoms with van der Waals surface area (Å²) in [5.74, 6) is -0.319. The molecule has 0 saturated carbocycles. The summed E-state index contributed by atoms with van der Waals surface area (Å²) in [6.07, 6.45) is -3.71. The van der Waals surface area contributed by atoms with Crippen molar-refractivity contribution in [1.82, 2.24) is 9.62 Å². The number of likely N-dealkylation sites (tertiary alicyclic amines) is 1. The molecule has 1 amide bonds. The Morgan fingerprint density at radius 1 is 1.28 bits per heavy atom. The molecule has 1 atom stereocenters. The van der Waals surface area contributed by atoms with Crippen molar-refractivity contribution in [2.75, 3.05) is 13.1 Å². The molecule has 1 fully saturated rings. The maximum Gasteiger partial charge on any atom is 0.417 e. The van der Waals surface area contributed by atoms with Crippen molar-refractivity contribution in [3.05, 3.63) is 29.8 Å². The third-order valence-corrected chi connectivity index (χ3v) is 5.61. The second-order valence-corrected chi connectivity index (χ2v) is 8.08. The van der Waals surface area contributed by atoms with Crippen molar-refractivity contribution in [2.45, 2.75) is 43.8 Å². The molecule has 5 nitrogen and oxygen atoms in total. The number of alkyl halides is 3. The molecule has 0 aromatic heterocycles. The lowest BCUT2D eigenvalue weighted by Gasteiger charge is -2.34. The van der Waals surface area contributed by atoms with Gasteiger partial charge in [0.15, 0.2) is 0 Å². The average Bonchev–Trinajstić information content (AvgIpc) is 2.53. The highest BCUT2D eigenvalue weighted by molar-refractivity contribution is 7.89. The second-order valence-electron chi connectivity index (χ2n) is 6.39. The van der Waals surface area contributed by atoms with E-state index < -0.39 is 32.7 Å². The number of amides is 1. The van der Waals surface area contributed by atoms with Gasteiger partial charge in [-0.05, 0) is 25.0 Å². The number of sulfonamides is 1. The van der Waals surface area contributed by atoms with E-state index in [1.807, 2.05) is 0 Å². The van der Waals surface area contributed by atoms with Gasteiger partial charge in [-0.15, -0.1) is 0 Å². The van der Waals surface area contributed by atoms with Crippen LogP contribution < -0.4 is 4.72 Å². The molecule has 1 heterocycles. The van der Waals surface area contributed by atoms with Crippen LogP contribution >= 0.6 is 0 Å². The van der Waals surface area contributed by atoms with Crippen LogP contribution in [0.5, 0.6) is 0 Å². The Labute approximate surface area is 145 Å². The molecule has 1 saturated heterocycles. The first-order valence-corrected chi connectivity index (χ1v) is 9.48. The number of piperidine rings is 1. The summed E-state index contributed by atoms with van der Waals surface area (Å²) in [6.45, 7) is 4.17.